The third kappa shape index (κ3) is 2.76. The summed E-state index contributed by atoms with van der Waals surface area (Å²) in [6.45, 7) is 11.3. The van der Waals surface area contributed by atoms with Gasteiger partial charge >= 0.3 is 0 Å². The first kappa shape index (κ1) is 15.5. The van der Waals surface area contributed by atoms with Crippen molar-refractivity contribution in [1.29, 1.82) is 0 Å². The molecule has 0 bridgehead atoms. The molecular weight excluding hydrogens is 246 g/mol. The predicted molar refractivity (Wildman–Crippen MR) is 85.5 cm³/mol. The van der Waals surface area contributed by atoms with Crippen molar-refractivity contribution in [2.45, 2.75) is 58.5 Å². The third-order valence-electron chi connectivity index (χ3n) is 5.07. The molecule has 0 aromatic heterocycles. The minimum absolute atomic E-state index is 0.0747. The molecule has 0 saturated carbocycles. The Bertz CT molecular complexity index is 452. The van der Waals surface area contributed by atoms with Gasteiger partial charge in [0.25, 0.3) is 0 Å². The highest BCUT2D eigenvalue weighted by Crippen LogP contribution is 2.37. The third-order valence-corrected chi connectivity index (χ3v) is 5.07. The zero-order valence-corrected chi connectivity index (χ0v) is 13.4. The van der Waals surface area contributed by atoms with E-state index >= 15 is 0 Å². The highest BCUT2D eigenvalue weighted by Gasteiger charge is 2.40. The van der Waals surface area contributed by atoms with Crippen molar-refractivity contribution in [3.8, 4) is 0 Å². The molecule has 3 N–H and O–H groups in total. The van der Waals surface area contributed by atoms with E-state index in [1.807, 2.05) is 0 Å². The number of hydrogen-bond donors (Lipinski definition) is 2. The fourth-order valence-electron chi connectivity index (χ4n) is 3.59. The van der Waals surface area contributed by atoms with Crippen LogP contribution in [0.3, 0.4) is 0 Å². The van der Waals surface area contributed by atoms with Crippen LogP contribution in [-0.2, 0) is 0 Å². The summed E-state index contributed by atoms with van der Waals surface area (Å²) in [5.41, 5.74) is 7.14. The average molecular weight is 275 g/mol. The van der Waals surface area contributed by atoms with E-state index in [1.54, 1.807) is 0 Å². The largest absolute Gasteiger partial charge is 0.296 e. The van der Waals surface area contributed by atoms with E-state index in [-0.39, 0.29) is 11.6 Å². The van der Waals surface area contributed by atoms with Crippen LogP contribution < -0.4 is 11.3 Å². The number of hydrazine groups is 1. The van der Waals surface area contributed by atoms with Crippen LogP contribution in [0.5, 0.6) is 0 Å². The highest BCUT2D eigenvalue weighted by molar-refractivity contribution is 5.34. The minimum Gasteiger partial charge on any atom is -0.296 e. The zero-order valence-electron chi connectivity index (χ0n) is 13.4. The van der Waals surface area contributed by atoms with Crippen LogP contribution in [0.2, 0.25) is 0 Å². The van der Waals surface area contributed by atoms with Gasteiger partial charge in [-0.3, -0.25) is 16.2 Å². The predicted octanol–water partition coefficient (Wildman–Crippen LogP) is 3.07. The molecule has 3 heteroatoms. The summed E-state index contributed by atoms with van der Waals surface area (Å²) >= 11 is 0. The molecule has 1 heterocycles. The first-order valence-electron chi connectivity index (χ1n) is 7.81. The van der Waals surface area contributed by atoms with E-state index in [2.05, 4.69) is 56.2 Å². The van der Waals surface area contributed by atoms with Crippen LogP contribution in [0.25, 0.3) is 0 Å². The summed E-state index contributed by atoms with van der Waals surface area (Å²) in [5, 5.41) is 0. The first-order chi connectivity index (χ1) is 9.52. The van der Waals surface area contributed by atoms with Crippen molar-refractivity contribution < 1.29 is 0 Å². The summed E-state index contributed by atoms with van der Waals surface area (Å²) in [6.07, 6.45) is 3.70. The Morgan fingerprint density at radius 2 is 1.95 bits per heavy atom. The van der Waals surface area contributed by atoms with Crippen molar-refractivity contribution in [1.82, 2.24) is 10.3 Å². The van der Waals surface area contributed by atoms with Crippen LogP contribution in [-0.4, -0.2) is 23.5 Å². The smallest absolute Gasteiger partial charge is 0.0643 e. The second-order valence-electron chi connectivity index (χ2n) is 6.36. The Labute approximate surface area is 123 Å². The molecule has 20 heavy (non-hydrogen) atoms. The van der Waals surface area contributed by atoms with E-state index in [1.165, 1.54) is 42.6 Å². The van der Waals surface area contributed by atoms with Crippen molar-refractivity contribution >= 4 is 0 Å². The number of rotatable bonds is 5. The quantitative estimate of drug-likeness (QED) is 0.641. The summed E-state index contributed by atoms with van der Waals surface area (Å²) in [5.74, 6) is 5.96. The van der Waals surface area contributed by atoms with Crippen molar-refractivity contribution in [3.63, 3.8) is 0 Å². The monoisotopic (exact) mass is 275 g/mol. The molecule has 0 amide bonds. The van der Waals surface area contributed by atoms with Gasteiger partial charge in [0, 0.05) is 5.54 Å². The molecule has 1 aliphatic heterocycles. The van der Waals surface area contributed by atoms with Crippen LogP contribution in [0.1, 0.15) is 55.8 Å². The second kappa shape index (κ2) is 6.25. The van der Waals surface area contributed by atoms with Gasteiger partial charge in [0.05, 0.1) is 6.04 Å². The number of nitrogens with one attached hydrogen (secondary N) is 1. The Hall–Kier alpha value is -0.900. The number of likely N-dealkylation sites (tertiary alicyclic amines) is 1. The van der Waals surface area contributed by atoms with E-state index in [9.17, 15) is 0 Å². The molecular formula is C17H29N3. The molecule has 112 valence electrons. The van der Waals surface area contributed by atoms with E-state index < -0.39 is 0 Å². The van der Waals surface area contributed by atoms with Gasteiger partial charge < -0.3 is 0 Å². The normalized spacial score (nSPS) is 20.9. The lowest BCUT2D eigenvalue weighted by Crippen LogP contribution is -2.55. The van der Waals surface area contributed by atoms with Gasteiger partial charge in [-0.2, -0.15) is 0 Å². The highest BCUT2D eigenvalue weighted by atomic mass is 15.3. The maximum Gasteiger partial charge on any atom is 0.0643 e. The zero-order chi connectivity index (χ0) is 14.8. The number of hydrogen-bond acceptors (Lipinski definition) is 3. The lowest BCUT2D eigenvalue weighted by Gasteiger charge is -2.45. The van der Waals surface area contributed by atoms with Gasteiger partial charge in [-0.15, -0.1) is 0 Å². The standard InChI is InChI=1S/C17H29N3/c1-5-17(4,20-10-6-7-11-20)16(19-18)15-9-8-13(2)12-14(15)3/h8-9,12,16,19H,5-7,10-11,18H2,1-4H3. The van der Waals surface area contributed by atoms with Crippen molar-refractivity contribution in [3.05, 3.63) is 34.9 Å². The average Bonchev–Trinajstić information content (AvgIpc) is 2.96. The SMILES string of the molecule is CCC(C)(C(NN)c1ccc(C)cc1C)N1CCCC1. The van der Waals surface area contributed by atoms with Gasteiger partial charge in [0.15, 0.2) is 0 Å². The summed E-state index contributed by atoms with van der Waals surface area (Å²) in [4.78, 5) is 2.61. The number of aryl methyl sites for hydroxylation is 2. The van der Waals surface area contributed by atoms with Gasteiger partial charge in [-0.1, -0.05) is 30.7 Å². The Balaban J connectivity index is 2.38. The second-order valence-corrected chi connectivity index (χ2v) is 6.36. The Kier molecular flexibility index (Phi) is 4.84. The fourth-order valence-corrected chi connectivity index (χ4v) is 3.59. The van der Waals surface area contributed by atoms with Gasteiger partial charge in [-0.25, -0.2) is 0 Å². The maximum absolute atomic E-state index is 5.96. The molecule has 2 unspecified atom stereocenters. The number of benzene rings is 1. The van der Waals surface area contributed by atoms with E-state index in [4.69, 9.17) is 5.84 Å². The van der Waals surface area contributed by atoms with Crippen LogP contribution in [0.15, 0.2) is 18.2 Å². The molecule has 2 atom stereocenters. The first-order valence-corrected chi connectivity index (χ1v) is 7.81. The lowest BCUT2D eigenvalue weighted by atomic mass is 9.81. The van der Waals surface area contributed by atoms with Crippen molar-refractivity contribution in [2.24, 2.45) is 5.84 Å². The molecule has 1 aromatic rings. The van der Waals surface area contributed by atoms with Gasteiger partial charge in [0.1, 0.15) is 0 Å². The summed E-state index contributed by atoms with van der Waals surface area (Å²) < 4.78 is 0. The topological polar surface area (TPSA) is 41.3 Å². The Morgan fingerprint density at radius 3 is 2.45 bits per heavy atom. The fraction of sp³-hybridized carbons (Fsp3) is 0.647. The molecule has 3 nitrogen and oxygen atoms in total. The molecule has 0 spiro atoms. The summed E-state index contributed by atoms with van der Waals surface area (Å²) in [6, 6.07) is 6.84. The van der Waals surface area contributed by atoms with Crippen molar-refractivity contribution in [2.75, 3.05) is 13.1 Å². The molecule has 1 aliphatic rings. The summed E-state index contributed by atoms with van der Waals surface area (Å²) in [7, 11) is 0. The molecule has 0 radical (unpaired) electrons. The molecule has 1 saturated heterocycles. The van der Waals surface area contributed by atoms with Crippen LogP contribution in [0, 0.1) is 13.8 Å². The molecule has 1 fully saturated rings. The van der Waals surface area contributed by atoms with Crippen LogP contribution >= 0.6 is 0 Å². The van der Waals surface area contributed by atoms with Gasteiger partial charge in [-0.05, 0) is 64.3 Å². The maximum atomic E-state index is 5.96. The van der Waals surface area contributed by atoms with Crippen LogP contribution in [0.4, 0.5) is 0 Å². The number of nitrogens with two attached hydrogens (primary N) is 1. The van der Waals surface area contributed by atoms with E-state index in [0.29, 0.717) is 0 Å². The Morgan fingerprint density at radius 1 is 1.30 bits per heavy atom. The minimum atomic E-state index is 0.0747. The van der Waals surface area contributed by atoms with E-state index in [0.717, 1.165) is 6.42 Å². The van der Waals surface area contributed by atoms with Gasteiger partial charge in [0.2, 0.25) is 0 Å². The molecule has 0 aliphatic carbocycles. The lowest BCUT2D eigenvalue weighted by molar-refractivity contribution is 0.0837. The molecule has 1 aromatic carbocycles. The molecule has 2 rings (SSSR count). The number of nitrogens with zero attached hydrogens (tertiary/aromatic N) is 1.